The molecule has 3 atom stereocenters. The number of carboxylic acid groups (broad SMARTS) is 1. The molecular weight excluding hydrogens is 240 g/mol. The lowest BCUT2D eigenvalue weighted by Gasteiger charge is -2.29. The van der Waals surface area contributed by atoms with Crippen LogP contribution < -0.4 is 0 Å². The first-order valence-electron chi connectivity index (χ1n) is 6.02. The van der Waals surface area contributed by atoms with E-state index in [1.165, 1.54) is 13.8 Å². The van der Waals surface area contributed by atoms with Gasteiger partial charge < -0.3 is 9.84 Å². The first-order valence-corrected chi connectivity index (χ1v) is 7.34. The molecule has 4 nitrogen and oxygen atoms in total. The van der Waals surface area contributed by atoms with Gasteiger partial charge in [-0.1, -0.05) is 6.42 Å². The van der Waals surface area contributed by atoms with Crippen molar-refractivity contribution < 1.29 is 18.8 Å². The van der Waals surface area contributed by atoms with Crippen molar-refractivity contribution in [3.05, 3.63) is 0 Å². The summed E-state index contributed by atoms with van der Waals surface area (Å²) in [7, 11) is 0.370. The molecule has 1 fully saturated rings. The van der Waals surface area contributed by atoms with Crippen molar-refractivity contribution in [2.24, 2.45) is 5.92 Å². The highest BCUT2D eigenvalue weighted by Gasteiger charge is 2.36. The maximum Gasteiger partial charge on any atom is 0.321 e. The van der Waals surface area contributed by atoms with Crippen molar-refractivity contribution in [3.63, 3.8) is 0 Å². The Labute approximate surface area is 105 Å². The molecule has 3 unspecified atom stereocenters. The van der Waals surface area contributed by atoms with Crippen LogP contribution in [0.3, 0.4) is 0 Å². The van der Waals surface area contributed by atoms with E-state index in [1.54, 1.807) is 7.11 Å². The molecule has 17 heavy (non-hydrogen) atoms. The molecular formula is C12H22O4S. The van der Waals surface area contributed by atoms with Gasteiger partial charge in [0.05, 0.1) is 6.10 Å². The zero-order valence-corrected chi connectivity index (χ0v) is 11.6. The second-order valence-corrected chi connectivity index (χ2v) is 7.26. The second kappa shape index (κ2) is 5.96. The van der Waals surface area contributed by atoms with Crippen LogP contribution in [0.5, 0.6) is 0 Å². The molecule has 1 aliphatic carbocycles. The lowest BCUT2D eigenvalue weighted by atomic mass is 9.88. The van der Waals surface area contributed by atoms with Gasteiger partial charge in [0.2, 0.25) is 0 Å². The third-order valence-electron chi connectivity index (χ3n) is 3.54. The van der Waals surface area contributed by atoms with E-state index in [0.29, 0.717) is 11.7 Å². The lowest BCUT2D eigenvalue weighted by Crippen LogP contribution is -2.40. The van der Waals surface area contributed by atoms with Crippen molar-refractivity contribution in [2.45, 2.75) is 50.4 Å². The Morgan fingerprint density at radius 2 is 2.12 bits per heavy atom. The molecule has 0 bridgehead atoms. The molecule has 5 heteroatoms. The normalized spacial score (nSPS) is 27.7. The third-order valence-corrected chi connectivity index (χ3v) is 5.63. The van der Waals surface area contributed by atoms with E-state index < -0.39 is 21.5 Å². The maximum atomic E-state index is 12.1. The van der Waals surface area contributed by atoms with E-state index in [0.717, 1.165) is 25.7 Å². The number of carboxylic acids is 1. The van der Waals surface area contributed by atoms with E-state index in [-0.39, 0.29) is 6.10 Å². The molecule has 0 spiro atoms. The van der Waals surface area contributed by atoms with Gasteiger partial charge in [-0.05, 0) is 39.0 Å². The number of hydrogen-bond acceptors (Lipinski definition) is 3. The molecule has 0 radical (unpaired) electrons. The summed E-state index contributed by atoms with van der Waals surface area (Å²) in [6.45, 7) is 3.06. The lowest BCUT2D eigenvalue weighted by molar-refractivity contribution is -0.139. The summed E-state index contributed by atoms with van der Waals surface area (Å²) >= 11 is 0. The number of hydrogen-bond donors (Lipinski definition) is 1. The van der Waals surface area contributed by atoms with Crippen LogP contribution in [0.4, 0.5) is 0 Å². The Bertz CT molecular complexity index is 301. The van der Waals surface area contributed by atoms with E-state index in [4.69, 9.17) is 9.84 Å². The highest BCUT2D eigenvalue weighted by atomic mass is 32.2. The second-order valence-electron chi connectivity index (χ2n) is 5.22. The summed E-state index contributed by atoms with van der Waals surface area (Å²) in [5, 5.41) is 9.02. The number of methoxy groups -OCH3 is 1. The van der Waals surface area contributed by atoms with Gasteiger partial charge in [0.25, 0.3) is 0 Å². The quantitative estimate of drug-likeness (QED) is 0.820. The maximum absolute atomic E-state index is 12.1. The standard InChI is InChI=1S/C12H22O4S/c1-12(2,11(13)14)17(15)8-9-5-4-6-10(7-9)16-3/h9-10H,4-8H2,1-3H3,(H,13,14). The average Bonchev–Trinajstić information content (AvgIpc) is 2.29. The monoisotopic (exact) mass is 262 g/mol. The number of rotatable bonds is 5. The predicted molar refractivity (Wildman–Crippen MR) is 67.5 cm³/mol. The fourth-order valence-corrected chi connectivity index (χ4v) is 3.47. The van der Waals surface area contributed by atoms with E-state index in [9.17, 15) is 9.00 Å². The average molecular weight is 262 g/mol. The SMILES string of the molecule is COC1CCCC(CS(=O)C(C)(C)C(=O)O)C1. The minimum absolute atomic E-state index is 0.249. The third kappa shape index (κ3) is 3.78. The summed E-state index contributed by atoms with van der Waals surface area (Å²) in [4.78, 5) is 11.0. The Morgan fingerprint density at radius 3 is 2.65 bits per heavy atom. The van der Waals surface area contributed by atoms with Crippen molar-refractivity contribution >= 4 is 16.8 Å². The Hall–Kier alpha value is -0.420. The largest absolute Gasteiger partial charge is 0.480 e. The summed E-state index contributed by atoms with van der Waals surface area (Å²) in [5.41, 5.74) is 0. The number of ether oxygens (including phenoxy) is 1. The molecule has 0 aliphatic heterocycles. The van der Waals surface area contributed by atoms with Gasteiger partial charge in [-0.2, -0.15) is 0 Å². The van der Waals surface area contributed by atoms with Crippen LogP contribution in [0.1, 0.15) is 39.5 Å². The van der Waals surface area contributed by atoms with Crippen molar-refractivity contribution in [2.75, 3.05) is 12.9 Å². The van der Waals surface area contributed by atoms with Crippen LogP contribution in [0.15, 0.2) is 0 Å². The molecule has 1 aliphatic rings. The van der Waals surface area contributed by atoms with Gasteiger partial charge in [-0.3, -0.25) is 9.00 Å². The van der Waals surface area contributed by atoms with Crippen LogP contribution in [-0.4, -0.2) is 39.0 Å². The molecule has 1 saturated carbocycles. The Morgan fingerprint density at radius 1 is 1.47 bits per heavy atom. The summed E-state index contributed by atoms with van der Waals surface area (Å²) in [5.74, 6) is -0.192. The molecule has 0 amide bonds. The van der Waals surface area contributed by atoms with Gasteiger partial charge in [-0.25, -0.2) is 0 Å². The minimum atomic E-state index is -1.33. The van der Waals surface area contributed by atoms with Crippen LogP contribution in [0, 0.1) is 5.92 Å². The first kappa shape index (κ1) is 14.6. The number of aliphatic carboxylic acids is 1. The highest BCUT2D eigenvalue weighted by molar-refractivity contribution is 7.87. The molecule has 0 saturated heterocycles. The van der Waals surface area contributed by atoms with Crippen LogP contribution >= 0.6 is 0 Å². The molecule has 0 heterocycles. The molecule has 100 valence electrons. The van der Waals surface area contributed by atoms with Crippen molar-refractivity contribution in [1.82, 2.24) is 0 Å². The van der Waals surface area contributed by atoms with Gasteiger partial charge in [0.1, 0.15) is 4.75 Å². The molecule has 0 aromatic carbocycles. The summed E-state index contributed by atoms with van der Waals surface area (Å²) < 4.78 is 16.2. The van der Waals surface area contributed by atoms with E-state index in [1.807, 2.05) is 0 Å². The summed E-state index contributed by atoms with van der Waals surface area (Å²) in [6, 6.07) is 0. The van der Waals surface area contributed by atoms with E-state index in [2.05, 4.69) is 0 Å². The van der Waals surface area contributed by atoms with Crippen LogP contribution in [-0.2, 0) is 20.3 Å². The van der Waals surface area contributed by atoms with E-state index >= 15 is 0 Å². The zero-order valence-electron chi connectivity index (χ0n) is 10.8. The van der Waals surface area contributed by atoms with Crippen LogP contribution in [0.2, 0.25) is 0 Å². The predicted octanol–water partition coefficient (Wildman–Crippen LogP) is 1.80. The molecule has 1 N–H and O–H groups in total. The fourth-order valence-electron chi connectivity index (χ4n) is 2.13. The van der Waals surface area contributed by atoms with Gasteiger partial charge >= 0.3 is 5.97 Å². The Balaban J connectivity index is 2.54. The van der Waals surface area contributed by atoms with Crippen LogP contribution in [0.25, 0.3) is 0 Å². The number of carbonyl (C=O) groups is 1. The Kier molecular flexibility index (Phi) is 5.13. The van der Waals surface area contributed by atoms with Crippen molar-refractivity contribution in [1.29, 1.82) is 0 Å². The molecule has 0 aromatic rings. The van der Waals surface area contributed by atoms with Gasteiger partial charge in [0.15, 0.2) is 0 Å². The summed E-state index contributed by atoms with van der Waals surface area (Å²) in [6.07, 6.45) is 4.31. The zero-order chi connectivity index (χ0) is 13.1. The first-order chi connectivity index (χ1) is 7.87. The topological polar surface area (TPSA) is 63.6 Å². The van der Waals surface area contributed by atoms with Crippen molar-refractivity contribution in [3.8, 4) is 0 Å². The highest BCUT2D eigenvalue weighted by Crippen LogP contribution is 2.28. The van der Waals surface area contributed by atoms with Gasteiger partial charge in [-0.15, -0.1) is 0 Å². The smallest absolute Gasteiger partial charge is 0.321 e. The molecule has 0 aromatic heterocycles. The fraction of sp³-hybridized carbons (Fsp3) is 0.917. The molecule has 1 rings (SSSR count). The minimum Gasteiger partial charge on any atom is -0.480 e. The van der Waals surface area contributed by atoms with Gasteiger partial charge in [0, 0.05) is 23.7 Å².